The van der Waals surface area contributed by atoms with Crippen LogP contribution >= 0.6 is 0 Å². The van der Waals surface area contributed by atoms with Crippen LogP contribution in [0.25, 0.3) is 0 Å². The molecular formula is C19H32N2O5S. The van der Waals surface area contributed by atoms with Gasteiger partial charge in [0.2, 0.25) is 16.3 Å². The van der Waals surface area contributed by atoms with E-state index in [2.05, 4.69) is 12.1 Å². The van der Waals surface area contributed by atoms with Crippen LogP contribution in [0.5, 0.6) is 5.75 Å². The van der Waals surface area contributed by atoms with Gasteiger partial charge in [-0.1, -0.05) is 51.9 Å². The third-order valence-corrected chi connectivity index (χ3v) is 6.33. The number of ether oxygens (including phenoxy) is 1. The molecule has 1 rings (SSSR count). The highest BCUT2D eigenvalue weighted by Gasteiger charge is 2.26. The highest BCUT2D eigenvalue weighted by atomic mass is 32.2. The molecule has 0 spiro atoms. The van der Waals surface area contributed by atoms with Gasteiger partial charge in [0.05, 0.1) is 18.6 Å². The van der Waals surface area contributed by atoms with Gasteiger partial charge >= 0.3 is 0 Å². The number of aliphatic hydroxyl groups is 1. The van der Waals surface area contributed by atoms with Crippen LogP contribution in [0.4, 0.5) is 0 Å². The Bertz CT molecular complexity index is 634. The van der Waals surface area contributed by atoms with Gasteiger partial charge in [0.1, 0.15) is 5.75 Å². The fourth-order valence-corrected chi connectivity index (χ4v) is 4.32. The summed E-state index contributed by atoms with van der Waals surface area (Å²) in [5.41, 5.74) is 0. The van der Waals surface area contributed by atoms with Gasteiger partial charge in [-0.3, -0.25) is 0 Å². The Morgan fingerprint density at radius 1 is 1.04 bits per heavy atom. The number of methoxy groups -OCH3 is 1. The van der Waals surface area contributed by atoms with Gasteiger partial charge < -0.3 is 9.84 Å². The number of unbranched alkanes of at least 4 members (excludes halogenated alkanes) is 7. The molecule has 27 heavy (non-hydrogen) atoms. The quantitative estimate of drug-likeness (QED) is 0.356. The molecule has 0 saturated carbocycles. The van der Waals surface area contributed by atoms with Gasteiger partial charge in [-0.15, -0.1) is 4.91 Å². The Labute approximate surface area is 162 Å². The van der Waals surface area contributed by atoms with E-state index in [9.17, 15) is 18.4 Å². The fourth-order valence-electron chi connectivity index (χ4n) is 2.84. The Morgan fingerprint density at radius 3 is 2.11 bits per heavy atom. The summed E-state index contributed by atoms with van der Waals surface area (Å²) in [5.74, 6) is 0.554. The second-order valence-electron chi connectivity index (χ2n) is 6.60. The lowest BCUT2D eigenvalue weighted by Gasteiger charge is -2.22. The van der Waals surface area contributed by atoms with E-state index in [0.717, 1.165) is 23.6 Å². The number of nitrogens with zero attached hydrogens (tertiary/aromatic N) is 2. The minimum atomic E-state index is -3.82. The zero-order valence-corrected chi connectivity index (χ0v) is 17.2. The summed E-state index contributed by atoms with van der Waals surface area (Å²) in [6.07, 6.45) is 7.11. The first-order valence-electron chi connectivity index (χ1n) is 9.60. The average molecular weight is 401 g/mol. The molecule has 1 unspecified atom stereocenters. The van der Waals surface area contributed by atoms with Crippen LogP contribution < -0.4 is 4.74 Å². The summed E-state index contributed by atoms with van der Waals surface area (Å²) in [4.78, 5) is 10.6. The molecule has 0 radical (unpaired) electrons. The van der Waals surface area contributed by atoms with Crippen molar-refractivity contribution in [1.29, 1.82) is 0 Å². The highest BCUT2D eigenvalue weighted by Crippen LogP contribution is 2.21. The summed E-state index contributed by atoms with van der Waals surface area (Å²) in [7, 11) is -2.31. The molecule has 1 N–H and O–H groups in total. The van der Waals surface area contributed by atoms with Gasteiger partial charge in [0.25, 0.3) is 0 Å². The van der Waals surface area contributed by atoms with E-state index in [-0.39, 0.29) is 18.0 Å². The number of benzene rings is 1. The highest BCUT2D eigenvalue weighted by molar-refractivity contribution is 7.89. The molecule has 1 atom stereocenters. The minimum Gasteiger partial charge on any atom is -0.497 e. The van der Waals surface area contributed by atoms with E-state index in [0.29, 0.717) is 12.2 Å². The maximum absolute atomic E-state index is 12.9. The number of nitroso groups, excluding NO2 is 1. The molecule has 0 bridgehead atoms. The van der Waals surface area contributed by atoms with Crippen LogP contribution in [0.3, 0.4) is 0 Å². The Morgan fingerprint density at radius 2 is 1.59 bits per heavy atom. The number of hydrogen-bond acceptors (Lipinski definition) is 6. The van der Waals surface area contributed by atoms with E-state index < -0.39 is 16.3 Å². The van der Waals surface area contributed by atoms with Crippen molar-refractivity contribution in [3.05, 3.63) is 29.2 Å². The molecule has 0 aliphatic rings. The van der Waals surface area contributed by atoms with Gasteiger partial charge in [0, 0.05) is 6.54 Å². The number of sulfonamides is 1. The van der Waals surface area contributed by atoms with E-state index in [1.165, 1.54) is 44.9 Å². The zero-order valence-electron chi connectivity index (χ0n) is 16.3. The van der Waals surface area contributed by atoms with Crippen LogP contribution in [0, 0.1) is 4.91 Å². The Hall–Kier alpha value is -1.51. The van der Waals surface area contributed by atoms with Gasteiger partial charge in [-0.05, 0) is 35.9 Å². The summed E-state index contributed by atoms with van der Waals surface area (Å²) >= 11 is 0. The van der Waals surface area contributed by atoms with Crippen molar-refractivity contribution in [3.63, 3.8) is 0 Å². The molecule has 0 fully saturated rings. The average Bonchev–Trinajstić information content (AvgIpc) is 2.68. The topological polar surface area (TPSA) is 96.3 Å². The first kappa shape index (κ1) is 23.5. The van der Waals surface area contributed by atoms with Crippen molar-refractivity contribution in [2.45, 2.75) is 69.4 Å². The molecule has 0 aliphatic carbocycles. The van der Waals surface area contributed by atoms with Crippen molar-refractivity contribution in [1.82, 2.24) is 4.31 Å². The van der Waals surface area contributed by atoms with E-state index in [1.807, 2.05) is 0 Å². The van der Waals surface area contributed by atoms with Crippen molar-refractivity contribution >= 4 is 10.0 Å². The smallest absolute Gasteiger partial charge is 0.243 e. The van der Waals surface area contributed by atoms with Crippen LogP contribution in [0.15, 0.2) is 34.3 Å². The standard InChI is InChI=1S/C19H32N2O5S/c1-3-4-5-6-7-8-9-10-15-21(16-19(22)20-23)27(24,25)18-13-11-17(26-2)12-14-18/h11-14,19,22H,3-10,15-16H2,1-2H3. The summed E-state index contributed by atoms with van der Waals surface area (Å²) in [6.45, 7) is 2.09. The summed E-state index contributed by atoms with van der Waals surface area (Å²) in [5, 5.41) is 12.1. The normalized spacial score (nSPS) is 12.9. The van der Waals surface area contributed by atoms with Crippen molar-refractivity contribution < 1.29 is 18.3 Å². The molecule has 154 valence electrons. The van der Waals surface area contributed by atoms with Crippen molar-refractivity contribution in [2.75, 3.05) is 20.2 Å². The molecule has 0 amide bonds. The van der Waals surface area contributed by atoms with Crippen LogP contribution in [-0.2, 0) is 10.0 Å². The SMILES string of the molecule is CCCCCCCCCCN(CC(O)N=O)S(=O)(=O)c1ccc(OC)cc1. The van der Waals surface area contributed by atoms with E-state index in [4.69, 9.17) is 4.74 Å². The first-order chi connectivity index (χ1) is 13.0. The lowest BCUT2D eigenvalue weighted by atomic mass is 10.1. The van der Waals surface area contributed by atoms with Crippen LogP contribution in [0.2, 0.25) is 0 Å². The molecule has 8 heteroatoms. The maximum Gasteiger partial charge on any atom is 0.243 e. The lowest BCUT2D eigenvalue weighted by Crippen LogP contribution is -2.37. The first-order valence-corrected chi connectivity index (χ1v) is 11.0. The van der Waals surface area contributed by atoms with Gasteiger partial charge in [0.15, 0.2) is 0 Å². The van der Waals surface area contributed by atoms with Crippen LogP contribution in [-0.4, -0.2) is 44.3 Å². The molecule has 1 aromatic rings. The Kier molecular flexibility index (Phi) is 11.2. The van der Waals surface area contributed by atoms with Crippen molar-refractivity contribution in [2.24, 2.45) is 5.18 Å². The molecule has 0 heterocycles. The molecule has 1 aromatic carbocycles. The predicted octanol–water partition coefficient (Wildman–Crippen LogP) is 3.91. The second-order valence-corrected chi connectivity index (χ2v) is 8.54. The second kappa shape index (κ2) is 12.8. The molecule has 0 aromatic heterocycles. The number of aliphatic hydroxyl groups excluding tert-OH is 1. The molecule has 0 aliphatic heterocycles. The zero-order chi connectivity index (χ0) is 20.1. The molecular weight excluding hydrogens is 368 g/mol. The maximum atomic E-state index is 12.9. The summed E-state index contributed by atoms with van der Waals surface area (Å²) < 4.78 is 31.9. The van der Waals surface area contributed by atoms with Crippen molar-refractivity contribution in [3.8, 4) is 5.75 Å². The van der Waals surface area contributed by atoms with E-state index >= 15 is 0 Å². The third kappa shape index (κ3) is 8.36. The number of hydrogen-bond donors (Lipinski definition) is 1. The Balaban J connectivity index is 2.65. The van der Waals surface area contributed by atoms with E-state index in [1.54, 1.807) is 12.1 Å². The molecule has 0 saturated heterocycles. The number of rotatable bonds is 15. The summed E-state index contributed by atoms with van der Waals surface area (Å²) in [6, 6.07) is 6.04. The monoisotopic (exact) mass is 400 g/mol. The van der Waals surface area contributed by atoms with Gasteiger partial charge in [-0.25, -0.2) is 8.42 Å². The minimum absolute atomic E-state index is 0.0981. The predicted molar refractivity (Wildman–Crippen MR) is 106 cm³/mol. The fraction of sp³-hybridized carbons (Fsp3) is 0.684. The van der Waals surface area contributed by atoms with Crippen LogP contribution in [0.1, 0.15) is 58.3 Å². The lowest BCUT2D eigenvalue weighted by molar-refractivity contribution is 0.152. The third-order valence-electron chi connectivity index (χ3n) is 4.45. The molecule has 7 nitrogen and oxygen atoms in total. The van der Waals surface area contributed by atoms with Gasteiger partial charge in [-0.2, -0.15) is 4.31 Å². The largest absolute Gasteiger partial charge is 0.497 e.